The fourth-order valence-corrected chi connectivity index (χ4v) is 4.94. The fourth-order valence-electron chi connectivity index (χ4n) is 3.28. The Hall–Kier alpha value is -2.18. The standard InChI is InChI=1S/C20H17BrN2O2S/c1-23-18-14-6-4-3-5-12(14)8-10-17(18)26-20(23)22-19(24)13-7-9-16(25-2)15(21)11-13/h3-7,9,11H,8,10H2,1-2H3. The van der Waals surface area contributed by atoms with Gasteiger partial charge >= 0.3 is 0 Å². The van der Waals surface area contributed by atoms with Gasteiger partial charge in [0.15, 0.2) is 4.80 Å². The molecule has 2 aromatic carbocycles. The van der Waals surface area contributed by atoms with E-state index in [0.717, 1.165) is 22.1 Å². The summed E-state index contributed by atoms with van der Waals surface area (Å²) in [5.74, 6) is 0.436. The smallest absolute Gasteiger partial charge is 0.279 e. The SMILES string of the molecule is COc1ccc(C(=O)N=c2sc3c(n2C)-c2ccccc2CC3)cc1Br. The van der Waals surface area contributed by atoms with E-state index in [1.165, 1.54) is 21.7 Å². The molecule has 0 fully saturated rings. The molecule has 1 aliphatic carbocycles. The number of nitrogens with zero attached hydrogens (tertiary/aromatic N) is 2. The number of benzene rings is 2. The van der Waals surface area contributed by atoms with Crippen molar-refractivity contribution in [1.29, 1.82) is 0 Å². The monoisotopic (exact) mass is 428 g/mol. The average Bonchev–Trinajstić information content (AvgIpc) is 2.97. The summed E-state index contributed by atoms with van der Waals surface area (Å²) in [4.78, 5) is 19.0. The average molecular weight is 429 g/mol. The third-order valence-electron chi connectivity index (χ3n) is 4.59. The third kappa shape index (κ3) is 2.93. The van der Waals surface area contributed by atoms with Crippen LogP contribution in [0, 0.1) is 0 Å². The molecule has 0 saturated carbocycles. The number of hydrogen-bond acceptors (Lipinski definition) is 3. The Morgan fingerprint density at radius 2 is 2.04 bits per heavy atom. The summed E-state index contributed by atoms with van der Waals surface area (Å²) in [5, 5.41) is 0. The van der Waals surface area contributed by atoms with Gasteiger partial charge < -0.3 is 9.30 Å². The number of fused-ring (bicyclic) bond motifs is 3. The van der Waals surface area contributed by atoms with E-state index in [9.17, 15) is 4.79 Å². The van der Waals surface area contributed by atoms with Gasteiger partial charge in [0.2, 0.25) is 0 Å². The molecule has 4 nitrogen and oxygen atoms in total. The number of hydrogen-bond donors (Lipinski definition) is 0. The van der Waals surface area contributed by atoms with Crippen molar-refractivity contribution in [2.24, 2.45) is 12.0 Å². The normalized spacial score (nSPS) is 13.3. The van der Waals surface area contributed by atoms with E-state index >= 15 is 0 Å². The molecule has 0 atom stereocenters. The number of carbonyl (C=O) groups excluding carboxylic acids is 1. The second-order valence-electron chi connectivity index (χ2n) is 6.14. The second-order valence-corrected chi connectivity index (χ2v) is 8.06. The van der Waals surface area contributed by atoms with E-state index in [0.29, 0.717) is 11.3 Å². The lowest BCUT2D eigenvalue weighted by Gasteiger charge is -2.16. The lowest BCUT2D eigenvalue weighted by atomic mass is 9.93. The van der Waals surface area contributed by atoms with Crippen molar-refractivity contribution in [3.63, 3.8) is 0 Å². The first-order valence-electron chi connectivity index (χ1n) is 8.28. The summed E-state index contributed by atoms with van der Waals surface area (Å²) in [6, 6.07) is 13.7. The molecular formula is C20H17BrN2O2S. The molecule has 1 amide bonds. The zero-order valence-corrected chi connectivity index (χ0v) is 16.9. The van der Waals surface area contributed by atoms with E-state index in [4.69, 9.17) is 4.74 Å². The zero-order chi connectivity index (χ0) is 18.3. The van der Waals surface area contributed by atoms with Crippen molar-refractivity contribution < 1.29 is 9.53 Å². The van der Waals surface area contributed by atoms with Crippen molar-refractivity contribution >= 4 is 33.2 Å². The van der Waals surface area contributed by atoms with Gasteiger partial charge in [-0.3, -0.25) is 4.79 Å². The van der Waals surface area contributed by atoms with Crippen molar-refractivity contribution in [3.8, 4) is 17.0 Å². The number of rotatable bonds is 2. The van der Waals surface area contributed by atoms with Gasteiger partial charge in [-0.05, 0) is 52.5 Å². The zero-order valence-electron chi connectivity index (χ0n) is 14.5. The number of aryl methyl sites for hydroxylation is 2. The Bertz CT molecular complexity index is 1080. The first-order valence-corrected chi connectivity index (χ1v) is 9.89. The van der Waals surface area contributed by atoms with Crippen LogP contribution in [0.5, 0.6) is 5.75 Å². The molecule has 0 unspecified atom stereocenters. The quantitative estimate of drug-likeness (QED) is 0.608. The summed E-state index contributed by atoms with van der Waals surface area (Å²) >= 11 is 5.02. The minimum atomic E-state index is -0.254. The van der Waals surface area contributed by atoms with Crippen LogP contribution in [-0.4, -0.2) is 17.6 Å². The van der Waals surface area contributed by atoms with Gasteiger partial charge in [-0.2, -0.15) is 4.99 Å². The number of ether oxygens (including phenoxy) is 1. The highest BCUT2D eigenvalue weighted by molar-refractivity contribution is 9.10. The van der Waals surface area contributed by atoms with Crippen LogP contribution in [0.15, 0.2) is 51.9 Å². The molecule has 1 aromatic heterocycles. The Balaban J connectivity index is 1.77. The molecule has 1 heterocycles. The van der Waals surface area contributed by atoms with Gasteiger partial charge in [-0.1, -0.05) is 24.3 Å². The summed E-state index contributed by atoms with van der Waals surface area (Å²) < 4.78 is 7.99. The molecule has 3 aromatic rings. The first-order chi connectivity index (χ1) is 12.6. The molecule has 0 spiro atoms. The van der Waals surface area contributed by atoms with Crippen LogP contribution in [0.2, 0.25) is 0 Å². The number of halogens is 1. The number of amides is 1. The van der Waals surface area contributed by atoms with Crippen molar-refractivity contribution in [1.82, 2.24) is 4.57 Å². The topological polar surface area (TPSA) is 43.6 Å². The van der Waals surface area contributed by atoms with Crippen LogP contribution in [-0.2, 0) is 19.9 Å². The van der Waals surface area contributed by atoms with Gasteiger partial charge in [0.25, 0.3) is 5.91 Å². The maximum atomic E-state index is 12.6. The van der Waals surface area contributed by atoms with Crippen LogP contribution < -0.4 is 9.54 Å². The number of aromatic nitrogens is 1. The molecule has 4 rings (SSSR count). The van der Waals surface area contributed by atoms with Crippen molar-refractivity contribution in [2.75, 3.05) is 7.11 Å². The third-order valence-corrected chi connectivity index (χ3v) is 6.40. The second kappa shape index (κ2) is 6.85. The molecule has 132 valence electrons. The van der Waals surface area contributed by atoms with E-state index in [1.807, 2.05) is 11.6 Å². The molecular weight excluding hydrogens is 412 g/mol. The van der Waals surface area contributed by atoms with Crippen LogP contribution >= 0.6 is 27.3 Å². The summed E-state index contributed by atoms with van der Waals surface area (Å²) in [7, 11) is 3.58. The highest BCUT2D eigenvalue weighted by atomic mass is 79.9. The Morgan fingerprint density at radius 3 is 2.81 bits per heavy atom. The van der Waals surface area contributed by atoms with Crippen molar-refractivity contribution in [2.45, 2.75) is 12.8 Å². The molecule has 1 aliphatic rings. The predicted molar refractivity (Wildman–Crippen MR) is 107 cm³/mol. The molecule has 0 radical (unpaired) electrons. The Morgan fingerprint density at radius 1 is 1.23 bits per heavy atom. The van der Waals surface area contributed by atoms with Crippen LogP contribution in [0.4, 0.5) is 0 Å². The number of thiazole rings is 1. The van der Waals surface area contributed by atoms with E-state index < -0.39 is 0 Å². The Labute approximate surface area is 163 Å². The molecule has 0 aliphatic heterocycles. The molecule has 0 bridgehead atoms. The van der Waals surface area contributed by atoms with Crippen LogP contribution in [0.25, 0.3) is 11.3 Å². The van der Waals surface area contributed by atoms with Crippen LogP contribution in [0.1, 0.15) is 20.8 Å². The predicted octanol–water partition coefficient (Wildman–Crippen LogP) is 4.36. The van der Waals surface area contributed by atoms with Gasteiger partial charge in [0.05, 0.1) is 17.3 Å². The van der Waals surface area contributed by atoms with E-state index in [1.54, 1.807) is 36.6 Å². The van der Waals surface area contributed by atoms with Gasteiger partial charge in [-0.15, -0.1) is 11.3 Å². The lowest BCUT2D eigenvalue weighted by Crippen LogP contribution is -2.15. The largest absolute Gasteiger partial charge is 0.496 e. The number of methoxy groups -OCH3 is 1. The van der Waals surface area contributed by atoms with Crippen molar-refractivity contribution in [3.05, 3.63) is 67.7 Å². The van der Waals surface area contributed by atoms with E-state index in [2.05, 4.69) is 45.2 Å². The van der Waals surface area contributed by atoms with Gasteiger partial charge in [-0.25, -0.2) is 0 Å². The fraction of sp³-hybridized carbons (Fsp3) is 0.200. The van der Waals surface area contributed by atoms with E-state index in [-0.39, 0.29) is 5.91 Å². The van der Waals surface area contributed by atoms with Gasteiger partial charge in [0, 0.05) is 23.1 Å². The maximum absolute atomic E-state index is 12.6. The Kier molecular flexibility index (Phi) is 4.54. The first kappa shape index (κ1) is 17.2. The molecule has 0 saturated heterocycles. The van der Waals surface area contributed by atoms with Crippen LogP contribution in [0.3, 0.4) is 0 Å². The highest BCUT2D eigenvalue weighted by Gasteiger charge is 2.21. The summed E-state index contributed by atoms with van der Waals surface area (Å²) in [5.41, 5.74) is 4.31. The lowest BCUT2D eigenvalue weighted by molar-refractivity contribution is 0.0998. The minimum absolute atomic E-state index is 0.254. The minimum Gasteiger partial charge on any atom is -0.496 e. The number of carbonyl (C=O) groups is 1. The molecule has 0 N–H and O–H groups in total. The summed E-state index contributed by atoms with van der Waals surface area (Å²) in [6.07, 6.45) is 2.02. The molecule has 26 heavy (non-hydrogen) atoms. The van der Waals surface area contributed by atoms with Gasteiger partial charge in [0.1, 0.15) is 5.75 Å². The summed E-state index contributed by atoms with van der Waals surface area (Å²) in [6.45, 7) is 0. The highest BCUT2D eigenvalue weighted by Crippen LogP contribution is 2.34. The molecule has 6 heteroatoms. The maximum Gasteiger partial charge on any atom is 0.279 e.